The van der Waals surface area contributed by atoms with Gasteiger partial charge in [-0.05, 0) is 19.5 Å². The van der Waals surface area contributed by atoms with Crippen LogP contribution in [0.5, 0.6) is 0 Å². The second-order valence-electron chi connectivity index (χ2n) is 6.61. The molecule has 0 amide bonds. The smallest absolute Gasteiger partial charge is 0.0594 e. The summed E-state index contributed by atoms with van der Waals surface area (Å²) in [5.74, 6) is 0.708. The molecule has 0 atom stereocenters. The predicted molar refractivity (Wildman–Crippen MR) is 96.2 cm³/mol. The number of piperazine rings is 1. The molecule has 0 unspecified atom stereocenters. The van der Waals surface area contributed by atoms with Crippen LogP contribution < -0.4 is 10.6 Å². The minimum Gasteiger partial charge on any atom is -0.379 e. The van der Waals surface area contributed by atoms with Crippen molar-refractivity contribution >= 4 is 0 Å². The molecule has 6 heteroatoms. The molecule has 0 aliphatic carbocycles. The highest BCUT2D eigenvalue weighted by atomic mass is 16.5. The van der Waals surface area contributed by atoms with E-state index in [0.29, 0.717) is 5.92 Å². The van der Waals surface area contributed by atoms with Gasteiger partial charge in [-0.15, -0.1) is 0 Å². The topological polar surface area (TPSA) is 49.0 Å². The van der Waals surface area contributed by atoms with Crippen LogP contribution in [0, 0.1) is 5.92 Å². The molecule has 0 spiro atoms. The number of hydrogen-bond donors (Lipinski definition) is 2. The maximum atomic E-state index is 5.70. The Bertz CT molecular complexity index is 259. The van der Waals surface area contributed by atoms with Crippen molar-refractivity contribution < 1.29 is 9.47 Å². The van der Waals surface area contributed by atoms with Gasteiger partial charge >= 0.3 is 0 Å². The van der Waals surface area contributed by atoms with Gasteiger partial charge in [0.15, 0.2) is 0 Å². The summed E-state index contributed by atoms with van der Waals surface area (Å²) < 4.78 is 11.3. The molecule has 1 fully saturated rings. The van der Waals surface area contributed by atoms with E-state index in [-0.39, 0.29) is 0 Å². The summed E-state index contributed by atoms with van der Waals surface area (Å²) in [5, 5.41) is 6.49. The summed E-state index contributed by atoms with van der Waals surface area (Å²) in [4.78, 5) is 4.99. The zero-order chi connectivity index (χ0) is 16.8. The molecule has 0 aromatic heterocycles. The Balaban J connectivity index is 1.88. The Morgan fingerprint density at radius 3 is 1.83 bits per heavy atom. The first-order chi connectivity index (χ1) is 11.2. The third kappa shape index (κ3) is 11.9. The fourth-order valence-electron chi connectivity index (χ4n) is 2.54. The molecule has 23 heavy (non-hydrogen) atoms. The summed E-state index contributed by atoms with van der Waals surface area (Å²) in [7, 11) is 1.95. The van der Waals surface area contributed by atoms with Crippen LogP contribution in [-0.4, -0.2) is 102 Å². The van der Waals surface area contributed by atoms with E-state index in [1.54, 1.807) is 0 Å². The van der Waals surface area contributed by atoms with Crippen LogP contribution in [0.2, 0.25) is 0 Å². The third-order valence-electron chi connectivity index (χ3n) is 4.04. The summed E-state index contributed by atoms with van der Waals surface area (Å²) in [6.07, 6.45) is 0. The average Bonchev–Trinajstić information content (AvgIpc) is 2.55. The Morgan fingerprint density at radius 2 is 1.35 bits per heavy atom. The van der Waals surface area contributed by atoms with E-state index in [1.807, 2.05) is 7.05 Å². The van der Waals surface area contributed by atoms with Crippen molar-refractivity contribution in [2.24, 2.45) is 5.92 Å². The van der Waals surface area contributed by atoms with Crippen molar-refractivity contribution in [3.63, 3.8) is 0 Å². The van der Waals surface area contributed by atoms with Crippen molar-refractivity contribution in [3.05, 3.63) is 0 Å². The van der Waals surface area contributed by atoms with Gasteiger partial charge in [-0.3, -0.25) is 9.80 Å². The fourth-order valence-corrected chi connectivity index (χ4v) is 2.54. The maximum absolute atomic E-state index is 5.70. The van der Waals surface area contributed by atoms with Crippen LogP contribution in [0.25, 0.3) is 0 Å². The van der Waals surface area contributed by atoms with Crippen LogP contribution in [-0.2, 0) is 9.47 Å². The van der Waals surface area contributed by atoms with Gasteiger partial charge < -0.3 is 20.1 Å². The number of hydrogen-bond acceptors (Lipinski definition) is 6. The Labute approximate surface area is 142 Å². The van der Waals surface area contributed by atoms with Gasteiger partial charge in [0.05, 0.1) is 26.4 Å². The highest BCUT2D eigenvalue weighted by Crippen LogP contribution is 2.01. The molecule has 1 heterocycles. The standard InChI is InChI=1S/C17H38N4O2/c1-17(2)16-19-5-13-23-15-11-21-8-6-20(7-9-21)10-14-22-12-4-18-3/h17-19H,4-16H2,1-3H3. The van der Waals surface area contributed by atoms with E-state index in [0.717, 1.165) is 85.3 Å². The molecule has 1 aliphatic heterocycles. The lowest BCUT2D eigenvalue weighted by molar-refractivity contribution is 0.0580. The summed E-state index contributed by atoms with van der Waals surface area (Å²) in [6.45, 7) is 17.4. The van der Waals surface area contributed by atoms with Crippen molar-refractivity contribution in [1.29, 1.82) is 0 Å². The Hall–Kier alpha value is -0.240. The van der Waals surface area contributed by atoms with Crippen LogP contribution in [0.15, 0.2) is 0 Å². The van der Waals surface area contributed by atoms with E-state index in [9.17, 15) is 0 Å². The van der Waals surface area contributed by atoms with Gasteiger partial charge in [0.1, 0.15) is 0 Å². The van der Waals surface area contributed by atoms with Crippen molar-refractivity contribution in [2.45, 2.75) is 13.8 Å². The first-order valence-electron chi connectivity index (χ1n) is 9.18. The van der Waals surface area contributed by atoms with E-state index in [4.69, 9.17) is 9.47 Å². The monoisotopic (exact) mass is 330 g/mol. The van der Waals surface area contributed by atoms with Gasteiger partial charge in [-0.25, -0.2) is 0 Å². The first kappa shape index (κ1) is 20.8. The molecule has 138 valence electrons. The maximum Gasteiger partial charge on any atom is 0.0594 e. The molecule has 0 saturated carbocycles. The molecule has 1 aliphatic rings. The van der Waals surface area contributed by atoms with Crippen molar-refractivity contribution in [3.8, 4) is 0 Å². The molecule has 0 aromatic rings. The highest BCUT2D eigenvalue weighted by molar-refractivity contribution is 4.71. The number of likely N-dealkylation sites (N-methyl/N-ethyl adjacent to an activating group) is 1. The van der Waals surface area contributed by atoms with Crippen LogP contribution in [0.1, 0.15) is 13.8 Å². The van der Waals surface area contributed by atoms with E-state index in [1.165, 1.54) is 0 Å². The molecule has 0 bridgehead atoms. The summed E-state index contributed by atoms with van der Waals surface area (Å²) >= 11 is 0. The molecule has 6 nitrogen and oxygen atoms in total. The molecule has 2 N–H and O–H groups in total. The molecule has 1 saturated heterocycles. The zero-order valence-electron chi connectivity index (χ0n) is 15.5. The van der Waals surface area contributed by atoms with Gasteiger partial charge in [-0.1, -0.05) is 13.8 Å². The predicted octanol–water partition coefficient (Wildman–Crippen LogP) is 0.102. The summed E-state index contributed by atoms with van der Waals surface area (Å²) in [6, 6.07) is 0. The van der Waals surface area contributed by atoms with Crippen LogP contribution >= 0.6 is 0 Å². The normalized spacial score (nSPS) is 17.2. The number of nitrogens with one attached hydrogen (secondary N) is 2. The average molecular weight is 331 g/mol. The Morgan fingerprint density at radius 1 is 0.826 bits per heavy atom. The van der Waals surface area contributed by atoms with Gasteiger partial charge in [0.2, 0.25) is 0 Å². The third-order valence-corrected chi connectivity index (χ3v) is 4.04. The first-order valence-corrected chi connectivity index (χ1v) is 9.18. The SMILES string of the molecule is CNCCOCCN1CCN(CCOCCNCC(C)C)CC1. The minimum atomic E-state index is 0.708. The lowest BCUT2D eigenvalue weighted by Gasteiger charge is -2.34. The lowest BCUT2D eigenvalue weighted by Crippen LogP contribution is -2.48. The molecular weight excluding hydrogens is 292 g/mol. The summed E-state index contributed by atoms with van der Waals surface area (Å²) in [5.41, 5.74) is 0. The van der Waals surface area contributed by atoms with Crippen LogP contribution in [0.4, 0.5) is 0 Å². The van der Waals surface area contributed by atoms with E-state index < -0.39 is 0 Å². The van der Waals surface area contributed by atoms with Crippen molar-refractivity contribution in [2.75, 3.05) is 92.4 Å². The second kappa shape index (κ2) is 14.1. The molecular formula is C17H38N4O2. The quantitative estimate of drug-likeness (QED) is 0.441. The lowest BCUT2D eigenvalue weighted by atomic mass is 10.2. The zero-order valence-corrected chi connectivity index (χ0v) is 15.5. The highest BCUT2D eigenvalue weighted by Gasteiger charge is 2.15. The number of nitrogens with zero attached hydrogens (tertiary/aromatic N) is 2. The fraction of sp³-hybridized carbons (Fsp3) is 1.00. The van der Waals surface area contributed by atoms with Crippen molar-refractivity contribution in [1.82, 2.24) is 20.4 Å². The Kier molecular flexibility index (Phi) is 12.8. The number of rotatable bonds is 14. The van der Waals surface area contributed by atoms with Gasteiger partial charge in [-0.2, -0.15) is 0 Å². The van der Waals surface area contributed by atoms with Gasteiger partial charge in [0, 0.05) is 52.4 Å². The van der Waals surface area contributed by atoms with Gasteiger partial charge in [0.25, 0.3) is 0 Å². The van der Waals surface area contributed by atoms with E-state index in [2.05, 4.69) is 34.3 Å². The van der Waals surface area contributed by atoms with Crippen LogP contribution in [0.3, 0.4) is 0 Å². The van der Waals surface area contributed by atoms with E-state index >= 15 is 0 Å². The second-order valence-corrected chi connectivity index (χ2v) is 6.61. The molecule has 1 rings (SSSR count). The number of ether oxygens (including phenoxy) is 2. The molecule has 0 radical (unpaired) electrons. The molecule has 0 aromatic carbocycles. The minimum absolute atomic E-state index is 0.708. The largest absolute Gasteiger partial charge is 0.379 e.